The minimum Gasteiger partial charge on any atom is -0.453 e. The molecule has 0 saturated heterocycles. The SMILES string of the molecule is COC(=O)N1CCc2c(c(C(C)C)nn2CCCO)C1. The molecule has 1 aliphatic rings. The average Bonchev–Trinajstić information content (AvgIpc) is 2.82. The first kappa shape index (κ1) is 14.8. The molecule has 2 heterocycles. The number of aliphatic hydroxyl groups is 1. The summed E-state index contributed by atoms with van der Waals surface area (Å²) in [5, 5.41) is 13.7. The summed E-state index contributed by atoms with van der Waals surface area (Å²) in [7, 11) is 1.41. The van der Waals surface area contributed by atoms with Crippen LogP contribution >= 0.6 is 0 Å². The van der Waals surface area contributed by atoms with E-state index in [2.05, 4.69) is 18.9 Å². The van der Waals surface area contributed by atoms with Crippen LogP contribution in [0.3, 0.4) is 0 Å². The van der Waals surface area contributed by atoms with E-state index in [0.717, 1.165) is 24.2 Å². The van der Waals surface area contributed by atoms with Gasteiger partial charge in [0, 0.05) is 37.4 Å². The number of methoxy groups -OCH3 is 1. The lowest BCUT2D eigenvalue weighted by Crippen LogP contribution is -2.36. The van der Waals surface area contributed by atoms with Crippen molar-refractivity contribution in [1.29, 1.82) is 0 Å². The summed E-state index contributed by atoms with van der Waals surface area (Å²) in [6.45, 7) is 6.33. The van der Waals surface area contributed by atoms with Gasteiger partial charge >= 0.3 is 6.09 Å². The van der Waals surface area contributed by atoms with Crippen molar-refractivity contribution in [3.05, 3.63) is 17.0 Å². The molecule has 1 aromatic rings. The second-order valence-electron chi connectivity index (χ2n) is 5.41. The van der Waals surface area contributed by atoms with Crippen molar-refractivity contribution in [1.82, 2.24) is 14.7 Å². The van der Waals surface area contributed by atoms with Gasteiger partial charge in [0.2, 0.25) is 0 Å². The number of aliphatic hydroxyl groups excluding tert-OH is 1. The molecular weight excluding hydrogens is 258 g/mol. The predicted molar refractivity (Wildman–Crippen MR) is 74.5 cm³/mol. The highest BCUT2D eigenvalue weighted by Crippen LogP contribution is 2.27. The molecule has 0 fully saturated rings. The molecule has 1 amide bonds. The smallest absolute Gasteiger partial charge is 0.409 e. The van der Waals surface area contributed by atoms with Crippen molar-refractivity contribution in [2.75, 3.05) is 20.3 Å². The zero-order chi connectivity index (χ0) is 14.7. The van der Waals surface area contributed by atoms with Gasteiger partial charge in [-0.3, -0.25) is 4.68 Å². The van der Waals surface area contributed by atoms with Gasteiger partial charge in [-0.15, -0.1) is 0 Å². The highest BCUT2D eigenvalue weighted by molar-refractivity contribution is 5.68. The van der Waals surface area contributed by atoms with Crippen LogP contribution in [0.15, 0.2) is 0 Å². The van der Waals surface area contributed by atoms with Crippen LogP contribution in [0.5, 0.6) is 0 Å². The second kappa shape index (κ2) is 6.26. The second-order valence-corrected chi connectivity index (χ2v) is 5.41. The summed E-state index contributed by atoms with van der Waals surface area (Å²) in [5.41, 5.74) is 3.39. The Labute approximate surface area is 119 Å². The van der Waals surface area contributed by atoms with Gasteiger partial charge in [0.15, 0.2) is 0 Å². The van der Waals surface area contributed by atoms with Gasteiger partial charge in [-0.25, -0.2) is 4.79 Å². The van der Waals surface area contributed by atoms with Crippen LogP contribution in [-0.4, -0.2) is 46.1 Å². The van der Waals surface area contributed by atoms with Gasteiger partial charge < -0.3 is 14.7 Å². The highest BCUT2D eigenvalue weighted by atomic mass is 16.5. The van der Waals surface area contributed by atoms with E-state index < -0.39 is 0 Å². The first-order chi connectivity index (χ1) is 9.58. The Hall–Kier alpha value is -1.56. The molecule has 1 N–H and O–H groups in total. The summed E-state index contributed by atoms with van der Waals surface area (Å²) < 4.78 is 6.80. The van der Waals surface area contributed by atoms with Crippen LogP contribution in [0.2, 0.25) is 0 Å². The lowest BCUT2D eigenvalue weighted by molar-refractivity contribution is 0.118. The number of hydrogen-bond donors (Lipinski definition) is 1. The molecule has 0 saturated carbocycles. The molecule has 6 nitrogen and oxygen atoms in total. The van der Waals surface area contributed by atoms with Crippen molar-refractivity contribution in [3.8, 4) is 0 Å². The number of aryl methyl sites for hydroxylation is 1. The quantitative estimate of drug-likeness (QED) is 0.908. The fourth-order valence-corrected chi connectivity index (χ4v) is 2.67. The molecule has 112 valence electrons. The summed E-state index contributed by atoms with van der Waals surface area (Å²) >= 11 is 0. The van der Waals surface area contributed by atoms with E-state index in [1.807, 2.05) is 4.68 Å². The van der Waals surface area contributed by atoms with Crippen LogP contribution in [0.4, 0.5) is 4.79 Å². The molecule has 6 heteroatoms. The largest absolute Gasteiger partial charge is 0.453 e. The number of fused-ring (bicyclic) bond motifs is 1. The number of carbonyl (C=O) groups is 1. The molecule has 0 bridgehead atoms. The maximum Gasteiger partial charge on any atom is 0.409 e. The summed E-state index contributed by atoms with van der Waals surface area (Å²) in [4.78, 5) is 13.4. The zero-order valence-corrected chi connectivity index (χ0v) is 12.4. The zero-order valence-electron chi connectivity index (χ0n) is 12.4. The number of ether oxygens (including phenoxy) is 1. The third-order valence-electron chi connectivity index (χ3n) is 3.67. The minimum atomic E-state index is -0.284. The highest BCUT2D eigenvalue weighted by Gasteiger charge is 2.28. The Balaban J connectivity index is 2.29. The van der Waals surface area contributed by atoms with E-state index >= 15 is 0 Å². The van der Waals surface area contributed by atoms with Gasteiger partial charge in [-0.1, -0.05) is 13.8 Å². The van der Waals surface area contributed by atoms with Crippen LogP contribution in [0, 0.1) is 0 Å². The van der Waals surface area contributed by atoms with Crippen LogP contribution in [0.25, 0.3) is 0 Å². The van der Waals surface area contributed by atoms with Gasteiger partial charge in [0.1, 0.15) is 0 Å². The van der Waals surface area contributed by atoms with Gasteiger partial charge in [-0.2, -0.15) is 5.10 Å². The first-order valence-corrected chi connectivity index (χ1v) is 7.10. The number of carbonyl (C=O) groups excluding carboxylic acids is 1. The Bertz CT molecular complexity index is 482. The normalized spacial score (nSPS) is 14.6. The number of hydrogen-bond acceptors (Lipinski definition) is 4. The van der Waals surface area contributed by atoms with Crippen LogP contribution in [0.1, 0.15) is 43.1 Å². The number of rotatable bonds is 4. The topological polar surface area (TPSA) is 67.6 Å². The standard InChI is InChI=1S/C14H23N3O3/c1-10(2)13-11-9-16(14(19)20-3)7-5-12(11)17(15-13)6-4-8-18/h10,18H,4-9H2,1-3H3. The lowest BCUT2D eigenvalue weighted by Gasteiger charge is -2.27. The lowest BCUT2D eigenvalue weighted by atomic mass is 9.99. The first-order valence-electron chi connectivity index (χ1n) is 7.10. The van der Waals surface area contributed by atoms with Gasteiger partial charge in [-0.05, 0) is 12.3 Å². The number of amides is 1. The van der Waals surface area contributed by atoms with E-state index in [-0.39, 0.29) is 12.7 Å². The molecule has 0 atom stereocenters. The van der Waals surface area contributed by atoms with E-state index in [1.54, 1.807) is 4.90 Å². The molecule has 0 unspecified atom stereocenters. The molecule has 0 radical (unpaired) electrons. The Morgan fingerprint density at radius 3 is 2.85 bits per heavy atom. The monoisotopic (exact) mass is 281 g/mol. The van der Waals surface area contributed by atoms with Crippen LogP contribution < -0.4 is 0 Å². The molecular formula is C14H23N3O3. The maximum atomic E-state index is 11.7. The minimum absolute atomic E-state index is 0.167. The van der Waals surface area contributed by atoms with Crippen molar-refractivity contribution >= 4 is 6.09 Å². The van der Waals surface area contributed by atoms with E-state index in [9.17, 15) is 4.79 Å². The van der Waals surface area contributed by atoms with Crippen molar-refractivity contribution < 1.29 is 14.6 Å². The van der Waals surface area contributed by atoms with E-state index in [1.165, 1.54) is 12.8 Å². The van der Waals surface area contributed by atoms with Crippen LogP contribution in [-0.2, 0) is 24.2 Å². The molecule has 20 heavy (non-hydrogen) atoms. The fraction of sp³-hybridized carbons (Fsp3) is 0.714. The van der Waals surface area contributed by atoms with Gasteiger partial charge in [0.05, 0.1) is 19.3 Å². The Morgan fingerprint density at radius 2 is 2.25 bits per heavy atom. The molecule has 1 aliphatic heterocycles. The fourth-order valence-electron chi connectivity index (χ4n) is 2.67. The number of nitrogens with zero attached hydrogens (tertiary/aromatic N) is 3. The predicted octanol–water partition coefficient (Wildman–Crippen LogP) is 1.51. The molecule has 2 rings (SSSR count). The van der Waals surface area contributed by atoms with E-state index in [0.29, 0.717) is 25.4 Å². The van der Waals surface area contributed by atoms with Crippen molar-refractivity contribution in [3.63, 3.8) is 0 Å². The van der Waals surface area contributed by atoms with Crippen molar-refractivity contribution in [2.24, 2.45) is 0 Å². The maximum absolute atomic E-state index is 11.7. The number of aromatic nitrogens is 2. The molecule has 0 aliphatic carbocycles. The van der Waals surface area contributed by atoms with Gasteiger partial charge in [0.25, 0.3) is 0 Å². The molecule has 1 aromatic heterocycles. The Morgan fingerprint density at radius 1 is 1.50 bits per heavy atom. The summed E-state index contributed by atoms with van der Waals surface area (Å²) in [6.07, 6.45) is 1.20. The Kier molecular flexibility index (Phi) is 4.65. The molecule has 0 spiro atoms. The summed E-state index contributed by atoms with van der Waals surface area (Å²) in [5.74, 6) is 0.316. The van der Waals surface area contributed by atoms with Crippen molar-refractivity contribution in [2.45, 2.75) is 45.7 Å². The summed E-state index contributed by atoms with van der Waals surface area (Å²) in [6, 6.07) is 0. The third kappa shape index (κ3) is 2.80. The molecule has 0 aromatic carbocycles. The average molecular weight is 281 g/mol. The third-order valence-corrected chi connectivity index (χ3v) is 3.67. The van der Waals surface area contributed by atoms with E-state index in [4.69, 9.17) is 9.84 Å².